The predicted octanol–water partition coefficient (Wildman–Crippen LogP) is 13.7. The molecule has 0 bridgehead atoms. The Morgan fingerprint density at radius 1 is 0.345 bits per heavy atom. The van der Waals surface area contributed by atoms with Crippen LogP contribution in [-0.4, -0.2) is 13.7 Å². The third-order valence-electron chi connectivity index (χ3n) is 11.1. The van der Waals surface area contributed by atoms with E-state index in [1.54, 1.807) is 0 Å². The minimum Gasteiger partial charge on any atom is -0.310 e. The van der Waals surface area contributed by atoms with Crippen LogP contribution in [0.5, 0.6) is 0 Å². The molecule has 11 rings (SSSR count). The van der Waals surface area contributed by atoms with Gasteiger partial charge in [0.25, 0.3) is 0 Å². The molecule has 0 N–H and O–H groups in total. The highest BCUT2D eigenvalue weighted by Crippen LogP contribution is 2.42. The second-order valence-corrected chi connectivity index (χ2v) is 13.9. The minimum atomic E-state index is 0.573. The van der Waals surface area contributed by atoms with Crippen LogP contribution in [0.3, 0.4) is 0 Å². The summed E-state index contributed by atoms with van der Waals surface area (Å²) in [5.74, 6) is 0. The second kappa shape index (κ2) is 11.8. The average molecular weight is 700 g/mol. The molecule has 0 amide bonds. The van der Waals surface area contributed by atoms with E-state index >= 15 is 0 Å². The highest BCUT2D eigenvalue weighted by Gasteiger charge is 2.20. The molecule has 0 radical (unpaired) electrons. The van der Waals surface area contributed by atoms with Gasteiger partial charge in [-0.3, -0.25) is 0 Å². The van der Waals surface area contributed by atoms with Crippen LogP contribution in [0.1, 0.15) is 0 Å². The van der Waals surface area contributed by atoms with Crippen molar-refractivity contribution < 1.29 is 0 Å². The van der Waals surface area contributed by atoms with Crippen molar-refractivity contribution in [3.8, 4) is 28.2 Å². The van der Waals surface area contributed by atoms with Crippen molar-refractivity contribution in [1.29, 1.82) is 0 Å². The Morgan fingerprint density at radius 3 is 1.47 bits per heavy atom. The van der Waals surface area contributed by atoms with Gasteiger partial charge in [-0.05, 0) is 77.7 Å². The van der Waals surface area contributed by atoms with Crippen LogP contribution >= 0.6 is 0 Å². The molecule has 0 atom stereocenters. The summed E-state index contributed by atoms with van der Waals surface area (Å²) in [7, 11) is 0. The summed E-state index contributed by atoms with van der Waals surface area (Å²) in [5, 5.41) is 6.98. The fraction of sp³-hybridized carbons (Fsp3) is 0. The molecule has 0 aliphatic rings. The summed E-state index contributed by atoms with van der Waals surface area (Å²) in [4.78, 5) is 7.53. The normalized spacial score (nSPS) is 11.6. The van der Waals surface area contributed by atoms with E-state index in [0.717, 1.165) is 61.0 Å². The maximum atomic E-state index is 7.88. The Hall–Kier alpha value is -7.86. The number of benzene rings is 8. The topological polar surface area (TPSA) is 23.5 Å². The Kier molecular flexibility index (Phi) is 6.61. The summed E-state index contributed by atoms with van der Waals surface area (Å²) in [6, 6.07) is 61.5. The smallest absolute Gasteiger partial charge is 0.189 e. The zero-order valence-corrected chi connectivity index (χ0v) is 29.5. The summed E-state index contributed by atoms with van der Waals surface area (Å²) in [5.41, 5.74) is 13.1. The van der Waals surface area contributed by atoms with Gasteiger partial charge in [-0.25, -0.2) is 9.69 Å². The van der Waals surface area contributed by atoms with E-state index in [2.05, 4.69) is 157 Å². The van der Waals surface area contributed by atoms with Crippen molar-refractivity contribution >= 4 is 76.8 Å². The first-order valence-electron chi connectivity index (χ1n) is 18.3. The lowest BCUT2D eigenvalue weighted by atomic mass is 10.0. The standard InChI is InChI=1S/C50H29N5/c1-51-33-25-29-46-41(30-33)39-14-5-9-18-44(39)55(46)49-31-34(52-2)24-28-36(49)32-22-26-35(27-23-32)53-45-19-10-6-15-40(45)50-47(53)20-11-21-48(50)54-42-16-7-3-12-37(42)38-13-4-8-17-43(38)54/h3-31H. The van der Waals surface area contributed by atoms with Gasteiger partial charge >= 0.3 is 0 Å². The molecule has 8 aromatic carbocycles. The van der Waals surface area contributed by atoms with Crippen molar-refractivity contribution in [3.05, 3.63) is 199 Å². The molecule has 0 aliphatic carbocycles. The Balaban J connectivity index is 1.11. The van der Waals surface area contributed by atoms with Gasteiger partial charge in [-0.2, -0.15) is 0 Å². The number of hydrogen-bond donors (Lipinski definition) is 0. The van der Waals surface area contributed by atoms with E-state index in [1.165, 1.54) is 32.6 Å². The van der Waals surface area contributed by atoms with E-state index in [4.69, 9.17) is 13.1 Å². The number of para-hydroxylation sites is 4. The summed E-state index contributed by atoms with van der Waals surface area (Å²) < 4.78 is 7.02. The van der Waals surface area contributed by atoms with Crippen LogP contribution < -0.4 is 0 Å². The van der Waals surface area contributed by atoms with Crippen LogP contribution in [0.4, 0.5) is 11.4 Å². The molecule has 5 nitrogen and oxygen atoms in total. The molecule has 5 heteroatoms. The summed E-state index contributed by atoms with van der Waals surface area (Å²) in [6.07, 6.45) is 0. The first-order valence-corrected chi connectivity index (χ1v) is 18.3. The fourth-order valence-electron chi connectivity index (χ4n) is 8.75. The fourth-order valence-corrected chi connectivity index (χ4v) is 8.75. The average Bonchev–Trinajstić information content (AvgIpc) is 3.89. The molecular weight excluding hydrogens is 671 g/mol. The maximum Gasteiger partial charge on any atom is 0.189 e. The number of rotatable bonds is 4. The Labute approximate surface area is 316 Å². The van der Waals surface area contributed by atoms with Gasteiger partial charge in [0.1, 0.15) is 0 Å². The number of nitrogens with zero attached hydrogens (tertiary/aromatic N) is 5. The zero-order chi connectivity index (χ0) is 36.6. The lowest BCUT2D eigenvalue weighted by molar-refractivity contribution is 1.17. The first-order chi connectivity index (χ1) is 27.2. The lowest BCUT2D eigenvalue weighted by Gasteiger charge is -2.16. The zero-order valence-electron chi connectivity index (χ0n) is 29.5. The van der Waals surface area contributed by atoms with E-state index in [0.29, 0.717) is 11.4 Å². The van der Waals surface area contributed by atoms with Crippen LogP contribution in [0, 0.1) is 13.1 Å². The molecular formula is C50H29N5. The van der Waals surface area contributed by atoms with Crippen LogP contribution in [0.2, 0.25) is 0 Å². The van der Waals surface area contributed by atoms with Crippen LogP contribution in [0.15, 0.2) is 176 Å². The van der Waals surface area contributed by atoms with Gasteiger partial charge < -0.3 is 13.7 Å². The van der Waals surface area contributed by atoms with Gasteiger partial charge in [0, 0.05) is 43.9 Å². The molecule has 0 fully saturated rings. The summed E-state index contributed by atoms with van der Waals surface area (Å²) >= 11 is 0. The van der Waals surface area contributed by atoms with E-state index < -0.39 is 0 Å². The Bertz CT molecular complexity index is 3400. The van der Waals surface area contributed by atoms with Crippen LogP contribution in [0.25, 0.3) is 103 Å². The molecule has 0 unspecified atom stereocenters. The molecule has 0 saturated heterocycles. The maximum absolute atomic E-state index is 7.88. The molecule has 0 saturated carbocycles. The SMILES string of the molecule is [C-]#[N+]c1ccc(-c2ccc(-n3c4ccccc4c4c(-n5c6ccccc6c6ccccc65)cccc43)cc2)c(-n2c3ccccc3c3cc([N+]#[C-])ccc32)c1. The molecule has 0 spiro atoms. The molecule has 11 aromatic rings. The van der Waals surface area contributed by atoms with Gasteiger partial charge in [0.2, 0.25) is 0 Å². The van der Waals surface area contributed by atoms with Gasteiger partial charge in [0.15, 0.2) is 11.4 Å². The first kappa shape index (κ1) is 30.7. The minimum absolute atomic E-state index is 0.573. The molecule has 55 heavy (non-hydrogen) atoms. The highest BCUT2D eigenvalue weighted by molar-refractivity contribution is 6.16. The molecule has 254 valence electrons. The number of aromatic nitrogens is 3. The predicted molar refractivity (Wildman–Crippen MR) is 227 cm³/mol. The molecule has 0 aliphatic heterocycles. The van der Waals surface area contributed by atoms with Crippen molar-refractivity contribution in [2.75, 3.05) is 0 Å². The molecule has 3 heterocycles. The third kappa shape index (κ3) is 4.45. The number of hydrogen-bond acceptors (Lipinski definition) is 0. The third-order valence-corrected chi connectivity index (χ3v) is 11.1. The van der Waals surface area contributed by atoms with Crippen molar-refractivity contribution in [2.24, 2.45) is 0 Å². The highest BCUT2D eigenvalue weighted by atomic mass is 15.0. The summed E-state index contributed by atoms with van der Waals surface area (Å²) in [6.45, 7) is 15.5. The van der Waals surface area contributed by atoms with Gasteiger partial charge in [0.05, 0.1) is 51.9 Å². The second-order valence-electron chi connectivity index (χ2n) is 13.9. The largest absolute Gasteiger partial charge is 0.310 e. The number of fused-ring (bicyclic) bond motifs is 9. The van der Waals surface area contributed by atoms with Crippen molar-refractivity contribution in [1.82, 2.24) is 13.7 Å². The Morgan fingerprint density at radius 2 is 0.836 bits per heavy atom. The van der Waals surface area contributed by atoms with E-state index in [-0.39, 0.29) is 0 Å². The van der Waals surface area contributed by atoms with E-state index in [1.807, 2.05) is 42.5 Å². The lowest BCUT2D eigenvalue weighted by Crippen LogP contribution is -1.98. The monoisotopic (exact) mass is 699 g/mol. The van der Waals surface area contributed by atoms with Gasteiger partial charge in [-0.1, -0.05) is 109 Å². The molecule has 3 aromatic heterocycles. The van der Waals surface area contributed by atoms with Gasteiger partial charge in [-0.15, -0.1) is 0 Å². The van der Waals surface area contributed by atoms with Crippen molar-refractivity contribution in [2.45, 2.75) is 0 Å². The van der Waals surface area contributed by atoms with Crippen molar-refractivity contribution in [3.63, 3.8) is 0 Å². The van der Waals surface area contributed by atoms with Crippen LogP contribution in [-0.2, 0) is 0 Å². The van der Waals surface area contributed by atoms with E-state index in [9.17, 15) is 0 Å². The quantitative estimate of drug-likeness (QED) is 0.163.